The number of hydrogen-bond acceptors (Lipinski definition) is 3. The Labute approximate surface area is 116 Å². The van der Waals surface area contributed by atoms with Gasteiger partial charge in [-0.15, -0.1) is 0 Å². The zero-order chi connectivity index (χ0) is 14.7. The Morgan fingerprint density at radius 1 is 1.21 bits per heavy atom. The molecule has 4 nitrogen and oxygen atoms in total. The van der Waals surface area contributed by atoms with Gasteiger partial charge in [0.2, 0.25) is 10.0 Å². The first kappa shape index (κ1) is 16.1. The molecule has 0 radical (unpaired) electrons. The third-order valence-electron chi connectivity index (χ3n) is 2.86. The lowest BCUT2D eigenvalue weighted by Gasteiger charge is -2.20. The van der Waals surface area contributed by atoms with Crippen molar-refractivity contribution in [3.05, 3.63) is 29.8 Å². The molecular formula is C14H24N2O2S. The Morgan fingerprint density at radius 3 is 2.37 bits per heavy atom. The van der Waals surface area contributed by atoms with Gasteiger partial charge in [0, 0.05) is 13.1 Å². The summed E-state index contributed by atoms with van der Waals surface area (Å²) in [5, 5.41) is 0. The molecule has 0 saturated carbocycles. The molecule has 0 atom stereocenters. The molecule has 0 aromatic heterocycles. The van der Waals surface area contributed by atoms with Gasteiger partial charge in [0.1, 0.15) is 0 Å². The molecule has 1 N–H and O–H groups in total. The van der Waals surface area contributed by atoms with Gasteiger partial charge in [0.15, 0.2) is 0 Å². The van der Waals surface area contributed by atoms with E-state index >= 15 is 0 Å². The van der Waals surface area contributed by atoms with Crippen LogP contribution in [0.4, 0.5) is 0 Å². The van der Waals surface area contributed by atoms with E-state index in [1.807, 2.05) is 25.1 Å². The van der Waals surface area contributed by atoms with E-state index in [-0.39, 0.29) is 5.41 Å². The standard InChI is InChI=1S/C14H24N2O2S/c1-14(2,3)12-7-6-8-13(11-12)19(17,18)15-9-10-16(4)5/h6-8,11,15H,9-10H2,1-5H3. The molecule has 1 rings (SSSR count). The van der Waals surface area contributed by atoms with E-state index in [1.165, 1.54) is 0 Å². The maximum atomic E-state index is 12.2. The molecule has 108 valence electrons. The molecule has 0 aliphatic heterocycles. The van der Waals surface area contributed by atoms with Crippen molar-refractivity contribution < 1.29 is 8.42 Å². The van der Waals surface area contributed by atoms with Crippen LogP contribution in [0.1, 0.15) is 26.3 Å². The average molecular weight is 284 g/mol. The summed E-state index contributed by atoms with van der Waals surface area (Å²) in [7, 11) is 0.407. The lowest BCUT2D eigenvalue weighted by atomic mass is 9.87. The summed E-state index contributed by atoms with van der Waals surface area (Å²) < 4.78 is 26.9. The van der Waals surface area contributed by atoms with Crippen LogP contribution in [0.3, 0.4) is 0 Å². The summed E-state index contributed by atoms with van der Waals surface area (Å²) in [6.45, 7) is 7.29. The minimum atomic E-state index is -3.42. The van der Waals surface area contributed by atoms with Crippen molar-refractivity contribution in [1.82, 2.24) is 9.62 Å². The van der Waals surface area contributed by atoms with Crippen LogP contribution in [0.15, 0.2) is 29.2 Å². The SMILES string of the molecule is CN(C)CCNS(=O)(=O)c1cccc(C(C)(C)C)c1. The van der Waals surface area contributed by atoms with Crippen molar-refractivity contribution in [2.24, 2.45) is 0 Å². The summed E-state index contributed by atoms with van der Waals surface area (Å²) in [4.78, 5) is 2.27. The van der Waals surface area contributed by atoms with Crippen molar-refractivity contribution in [1.29, 1.82) is 0 Å². The highest BCUT2D eigenvalue weighted by molar-refractivity contribution is 7.89. The monoisotopic (exact) mass is 284 g/mol. The fourth-order valence-electron chi connectivity index (χ4n) is 1.62. The van der Waals surface area contributed by atoms with Crippen molar-refractivity contribution in [2.45, 2.75) is 31.1 Å². The lowest BCUT2D eigenvalue weighted by Crippen LogP contribution is -2.31. The molecule has 0 amide bonds. The number of nitrogens with zero attached hydrogens (tertiary/aromatic N) is 1. The van der Waals surface area contributed by atoms with Gasteiger partial charge in [-0.25, -0.2) is 13.1 Å². The molecule has 0 aliphatic carbocycles. The number of benzene rings is 1. The molecule has 5 heteroatoms. The Bertz CT molecular complexity index is 516. The first-order chi connectivity index (χ1) is 8.63. The maximum Gasteiger partial charge on any atom is 0.240 e. The van der Waals surface area contributed by atoms with E-state index in [1.54, 1.807) is 18.2 Å². The van der Waals surface area contributed by atoms with Gasteiger partial charge in [-0.1, -0.05) is 32.9 Å². The number of nitrogens with one attached hydrogen (secondary N) is 1. The van der Waals surface area contributed by atoms with Gasteiger partial charge in [-0.2, -0.15) is 0 Å². The highest BCUT2D eigenvalue weighted by Gasteiger charge is 2.18. The zero-order valence-electron chi connectivity index (χ0n) is 12.4. The number of likely N-dealkylation sites (N-methyl/N-ethyl adjacent to an activating group) is 1. The second kappa shape index (κ2) is 6.03. The Hall–Kier alpha value is -0.910. The van der Waals surface area contributed by atoms with Crippen LogP contribution in [-0.4, -0.2) is 40.5 Å². The molecule has 0 fully saturated rings. The molecule has 1 aromatic carbocycles. The average Bonchev–Trinajstić information content (AvgIpc) is 2.27. The summed E-state index contributed by atoms with van der Waals surface area (Å²) in [5.41, 5.74) is 0.956. The van der Waals surface area contributed by atoms with E-state index in [2.05, 4.69) is 25.5 Å². The van der Waals surface area contributed by atoms with E-state index in [0.29, 0.717) is 18.0 Å². The Morgan fingerprint density at radius 2 is 1.84 bits per heavy atom. The summed E-state index contributed by atoms with van der Waals surface area (Å²) in [6, 6.07) is 7.13. The van der Waals surface area contributed by atoms with Crippen LogP contribution in [0.25, 0.3) is 0 Å². The Balaban J connectivity index is 2.90. The van der Waals surface area contributed by atoms with Crippen molar-refractivity contribution in [2.75, 3.05) is 27.2 Å². The van der Waals surface area contributed by atoms with Crippen molar-refractivity contribution in [3.63, 3.8) is 0 Å². The van der Waals surface area contributed by atoms with Crippen LogP contribution >= 0.6 is 0 Å². The van der Waals surface area contributed by atoms with Crippen molar-refractivity contribution in [3.8, 4) is 0 Å². The Kier molecular flexibility index (Phi) is 5.12. The van der Waals surface area contributed by atoms with Crippen molar-refractivity contribution >= 4 is 10.0 Å². The predicted molar refractivity (Wildman–Crippen MR) is 78.9 cm³/mol. The van der Waals surface area contributed by atoms with Crippen LogP contribution in [-0.2, 0) is 15.4 Å². The first-order valence-electron chi connectivity index (χ1n) is 6.38. The highest BCUT2D eigenvalue weighted by atomic mass is 32.2. The molecule has 0 heterocycles. The minimum Gasteiger partial charge on any atom is -0.308 e. The first-order valence-corrected chi connectivity index (χ1v) is 7.86. The van der Waals surface area contributed by atoms with E-state index < -0.39 is 10.0 Å². The van der Waals surface area contributed by atoms with Gasteiger partial charge in [-0.3, -0.25) is 0 Å². The predicted octanol–water partition coefficient (Wildman–Crippen LogP) is 1.82. The quantitative estimate of drug-likeness (QED) is 0.897. The number of rotatable bonds is 5. The minimum absolute atomic E-state index is 0.0604. The molecule has 0 bridgehead atoms. The summed E-state index contributed by atoms with van der Waals surface area (Å²) in [5.74, 6) is 0. The van der Waals surface area contributed by atoms with Gasteiger partial charge in [0.05, 0.1) is 4.90 Å². The van der Waals surface area contributed by atoms with Gasteiger partial charge in [-0.05, 0) is 37.2 Å². The van der Waals surface area contributed by atoms with Gasteiger partial charge in [0.25, 0.3) is 0 Å². The summed E-state index contributed by atoms with van der Waals surface area (Å²) in [6.07, 6.45) is 0. The van der Waals surface area contributed by atoms with Crippen LogP contribution in [0, 0.1) is 0 Å². The highest BCUT2D eigenvalue weighted by Crippen LogP contribution is 2.24. The number of hydrogen-bond donors (Lipinski definition) is 1. The van der Waals surface area contributed by atoms with Crippen LogP contribution in [0.5, 0.6) is 0 Å². The molecule has 0 aliphatic rings. The molecule has 0 unspecified atom stereocenters. The zero-order valence-corrected chi connectivity index (χ0v) is 13.2. The molecule has 1 aromatic rings. The lowest BCUT2D eigenvalue weighted by molar-refractivity contribution is 0.412. The third kappa shape index (κ3) is 4.93. The van der Waals surface area contributed by atoms with E-state index in [0.717, 1.165) is 5.56 Å². The van der Waals surface area contributed by atoms with Crippen LogP contribution < -0.4 is 4.72 Å². The fraction of sp³-hybridized carbons (Fsp3) is 0.571. The van der Waals surface area contributed by atoms with Gasteiger partial charge >= 0.3 is 0 Å². The second-order valence-electron chi connectivity index (χ2n) is 5.98. The second-order valence-corrected chi connectivity index (χ2v) is 7.75. The largest absolute Gasteiger partial charge is 0.308 e. The topological polar surface area (TPSA) is 49.4 Å². The maximum absolute atomic E-state index is 12.2. The third-order valence-corrected chi connectivity index (χ3v) is 4.32. The van der Waals surface area contributed by atoms with E-state index in [4.69, 9.17) is 0 Å². The van der Waals surface area contributed by atoms with E-state index in [9.17, 15) is 8.42 Å². The molecule has 19 heavy (non-hydrogen) atoms. The molecular weight excluding hydrogens is 260 g/mol. The van der Waals surface area contributed by atoms with Gasteiger partial charge < -0.3 is 4.90 Å². The fourth-order valence-corrected chi connectivity index (χ4v) is 2.68. The number of sulfonamides is 1. The van der Waals surface area contributed by atoms with Crippen LogP contribution in [0.2, 0.25) is 0 Å². The normalized spacial score (nSPS) is 12.9. The molecule has 0 saturated heterocycles. The molecule has 0 spiro atoms. The smallest absolute Gasteiger partial charge is 0.240 e. The summed E-state index contributed by atoms with van der Waals surface area (Å²) >= 11 is 0.